The zero-order valence-corrected chi connectivity index (χ0v) is 17.6. The fourth-order valence-electron chi connectivity index (χ4n) is 2.93. The van der Waals surface area contributed by atoms with Gasteiger partial charge >= 0.3 is 6.09 Å². The van der Waals surface area contributed by atoms with E-state index in [1.165, 1.54) is 12.0 Å². The van der Waals surface area contributed by atoms with Crippen LogP contribution in [0.15, 0.2) is 6.07 Å². The fraction of sp³-hybridized carbons (Fsp3) is 0.556. The van der Waals surface area contributed by atoms with E-state index in [9.17, 15) is 14.7 Å². The van der Waals surface area contributed by atoms with Crippen LogP contribution in [0.2, 0.25) is 5.02 Å². The van der Waals surface area contributed by atoms with Crippen molar-refractivity contribution in [1.82, 2.24) is 10.2 Å². The Labute approximate surface area is 169 Å². The number of nitrogens with zero attached hydrogens (tertiary/aromatic N) is 1. The lowest BCUT2D eigenvalue weighted by Crippen LogP contribution is -2.40. The molecule has 2 unspecified atom stereocenters. The number of carbonyl (C=O) groups excluding carboxylic acids is 1. The highest BCUT2D eigenvalue weighted by Gasteiger charge is 2.28. The zero-order valence-electron chi connectivity index (χ0n) is 16.0. The minimum absolute atomic E-state index is 0.000935. The number of carboxylic acid groups (broad SMARTS) is 1. The normalized spacial score (nSPS) is 13.2. The van der Waals surface area contributed by atoms with Gasteiger partial charge in [-0.3, -0.25) is 4.79 Å². The van der Waals surface area contributed by atoms with Crippen molar-refractivity contribution in [2.45, 2.75) is 45.9 Å². The first-order valence-corrected chi connectivity index (χ1v) is 9.36. The SMILES string of the molecule is COc1c(C(C)NC(=O)O)cc(Cl)c(C)c1C(O)CN(C(=O)CCl)C(C)C. The number of rotatable bonds is 8. The van der Waals surface area contributed by atoms with Crippen LogP contribution in [0.25, 0.3) is 0 Å². The van der Waals surface area contributed by atoms with Crippen LogP contribution in [-0.2, 0) is 4.79 Å². The summed E-state index contributed by atoms with van der Waals surface area (Å²) in [7, 11) is 1.43. The van der Waals surface area contributed by atoms with Crippen LogP contribution in [0, 0.1) is 6.92 Å². The standard InChI is InChI=1S/C18H26Cl2N2O5/c1-9(2)22(15(24)7-19)8-14(23)16-10(3)13(20)6-12(17(16)27-5)11(4)21-18(25)26/h6,9,11,14,21,23H,7-8H2,1-5H3,(H,25,26). The van der Waals surface area contributed by atoms with Crippen molar-refractivity contribution in [1.29, 1.82) is 0 Å². The second kappa shape index (κ2) is 10.0. The highest BCUT2D eigenvalue weighted by Crippen LogP contribution is 2.39. The van der Waals surface area contributed by atoms with Crippen LogP contribution in [0.4, 0.5) is 4.79 Å². The number of carbonyl (C=O) groups is 2. The van der Waals surface area contributed by atoms with Crippen molar-refractivity contribution in [3.8, 4) is 5.75 Å². The minimum atomic E-state index is -1.19. The molecule has 0 bridgehead atoms. The summed E-state index contributed by atoms with van der Waals surface area (Å²) in [5, 5.41) is 22.6. The number of alkyl halides is 1. The number of benzene rings is 1. The Morgan fingerprint density at radius 3 is 2.37 bits per heavy atom. The second-order valence-corrected chi connectivity index (χ2v) is 7.15. The Morgan fingerprint density at radius 1 is 1.33 bits per heavy atom. The van der Waals surface area contributed by atoms with Gasteiger partial charge in [-0.2, -0.15) is 0 Å². The molecule has 0 saturated heterocycles. The van der Waals surface area contributed by atoms with Crippen molar-refractivity contribution in [2.24, 2.45) is 0 Å². The molecule has 0 spiro atoms. The molecule has 0 aliphatic carbocycles. The summed E-state index contributed by atoms with van der Waals surface area (Å²) in [5.41, 5.74) is 1.49. The van der Waals surface area contributed by atoms with Crippen LogP contribution in [0.3, 0.4) is 0 Å². The fourth-order valence-corrected chi connectivity index (χ4v) is 3.31. The molecule has 0 radical (unpaired) electrons. The smallest absolute Gasteiger partial charge is 0.405 e. The number of hydrogen-bond donors (Lipinski definition) is 3. The zero-order chi connectivity index (χ0) is 20.9. The average Bonchev–Trinajstić information content (AvgIpc) is 2.59. The number of hydrogen-bond acceptors (Lipinski definition) is 4. The molecular formula is C18H26Cl2N2O5. The molecule has 0 aromatic heterocycles. The van der Waals surface area contributed by atoms with Crippen LogP contribution >= 0.6 is 23.2 Å². The summed E-state index contributed by atoms with van der Waals surface area (Å²) >= 11 is 12.0. The third-order valence-electron chi connectivity index (χ3n) is 4.32. The van der Waals surface area contributed by atoms with E-state index >= 15 is 0 Å². The van der Waals surface area contributed by atoms with E-state index in [2.05, 4.69) is 5.32 Å². The molecule has 1 aromatic carbocycles. The van der Waals surface area contributed by atoms with Gasteiger partial charge in [0.1, 0.15) is 17.7 Å². The minimum Gasteiger partial charge on any atom is -0.496 e. The van der Waals surface area contributed by atoms with Crippen molar-refractivity contribution in [3.63, 3.8) is 0 Å². The Balaban J connectivity index is 3.41. The van der Waals surface area contributed by atoms with Crippen LogP contribution in [-0.4, -0.2) is 52.7 Å². The van der Waals surface area contributed by atoms with Gasteiger partial charge < -0.3 is 25.2 Å². The summed E-state index contributed by atoms with van der Waals surface area (Å²) in [6.45, 7) is 7.02. The van der Waals surface area contributed by atoms with E-state index in [0.717, 1.165) is 0 Å². The number of methoxy groups -OCH3 is 1. The molecule has 152 valence electrons. The number of amides is 2. The first-order valence-electron chi connectivity index (χ1n) is 8.44. The number of halogens is 2. The largest absolute Gasteiger partial charge is 0.496 e. The monoisotopic (exact) mass is 420 g/mol. The Bertz CT molecular complexity index is 697. The maximum absolute atomic E-state index is 12.1. The summed E-state index contributed by atoms with van der Waals surface area (Å²) in [4.78, 5) is 24.5. The quantitative estimate of drug-likeness (QED) is 0.558. The van der Waals surface area contributed by atoms with Gasteiger partial charge in [0.2, 0.25) is 5.91 Å². The summed E-state index contributed by atoms with van der Waals surface area (Å²) < 4.78 is 5.48. The topological polar surface area (TPSA) is 99.1 Å². The molecule has 0 aliphatic heterocycles. The summed E-state index contributed by atoms with van der Waals surface area (Å²) in [6.07, 6.45) is -2.29. The molecule has 0 saturated carbocycles. The average molecular weight is 421 g/mol. The van der Waals surface area contributed by atoms with Crippen molar-refractivity contribution in [3.05, 3.63) is 27.8 Å². The number of nitrogens with one attached hydrogen (secondary N) is 1. The lowest BCUT2D eigenvalue weighted by atomic mass is 9.94. The van der Waals surface area contributed by atoms with E-state index in [1.54, 1.807) is 19.9 Å². The molecule has 3 N–H and O–H groups in total. The predicted molar refractivity (Wildman–Crippen MR) is 105 cm³/mol. The van der Waals surface area contributed by atoms with Crippen molar-refractivity contribution >= 4 is 35.2 Å². The van der Waals surface area contributed by atoms with E-state index in [4.69, 9.17) is 33.0 Å². The van der Waals surface area contributed by atoms with E-state index < -0.39 is 18.2 Å². The molecular weight excluding hydrogens is 395 g/mol. The molecule has 2 atom stereocenters. The van der Waals surface area contributed by atoms with Gasteiger partial charge in [-0.1, -0.05) is 11.6 Å². The number of aliphatic hydroxyl groups excluding tert-OH is 1. The summed E-state index contributed by atoms with van der Waals surface area (Å²) in [5.74, 6) is -0.167. The molecule has 0 aliphatic rings. The molecule has 1 rings (SSSR count). The Morgan fingerprint density at radius 2 is 1.93 bits per heavy atom. The maximum atomic E-state index is 12.1. The van der Waals surface area contributed by atoms with E-state index in [1.807, 2.05) is 13.8 Å². The maximum Gasteiger partial charge on any atom is 0.405 e. The van der Waals surface area contributed by atoms with Gasteiger partial charge in [-0.05, 0) is 39.3 Å². The molecule has 1 aromatic rings. The van der Waals surface area contributed by atoms with Crippen LogP contribution in [0.1, 0.15) is 49.6 Å². The molecule has 27 heavy (non-hydrogen) atoms. The Kier molecular flexibility index (Phi) is 8.65. The third kappa shape index (κ3) is 5.64. The van der Waals surface area contributed by atoms with Gasteiger partial charge in [0, 0.05) is 22.2 Å². The van der Waals surface area contributed by atoms with Crippen molar-refractivity contribution < 1.29 is 24.5 Å². The van der Waals surface area contributed by atoms with Crippen molar-refractivity contribution in [2.75, 3.05) is 19.5 Å². The molecule has 9 heteroatoms. The van der Waals surface area contributed by atoms with Gasteiger partial charge in [-0.25, -0.2) is 4.79 Å². The highest BCUT2D eigenvalue weighted by molar-refractivity contribution is 6.31. The second-order valence-electron chi connectivity index (χ2n) is 6.48. The van der Waals surface area contributed by atoms with Gasteiger partial charge in [0.25, 0.3) is 0 Å². The first kappa shape index (κ1) is 23.3. The van der Waals surface area contributed by atoms with Gasteiger partial charge in [0.05, 0.1) is 19.7 Å². The van der Waals surface area contributed by atoms with Gasteiger partial charge in [0.15, 0.2) is 0 Å². The summed E-state index contributed by atoms with van der Waals surface area (Å²) in [6, 6.07) is 0.826. The first-order chi connectivity index (χ1) is 12.5. The molecule has 0 heterocycles. The number of ether oxygens (including phenoxy) is 1. The van der Waals surface area contributed by atoms with Gasteiger partial charge in [-0.15, -0.1) is 11.6 Å². The lowest BCUT2D eigenvalue weighted by molar-refractivity contribution is -0.131. The Hall–Kier alpha value is -1.70. The van der Waals surface area contributed by atoms with E-state index in [-0.39, 0.29) is 24.4 Å². The van der Waals surface area contributed by atoms with E-state index in [0.29, 0.717) is 27.5 Å². The predicted octanol–water partition coefficient (Wildman–Crippen LogP) is 3.49. The number of aliphatic hydroxyl groups is 1. The van der Waals surface area contributed by atoms with Crippen LogP contribution in [0.5, 0.6) is 5.75 Å². The molecule has 0 fully saturated rings. The molecule has 2 amide bonds. The third-order valence-corrected chi connectivity index (χ3v) is 4.94. The molecule has 7 nitrogen and oxygen atoms in total. The lowest BCUT2D eigenvalue weighted by Gasteiger charge is -2.30. The van der Waals surface area contributed by atoms with Crippen LogP contribution < -0.4 is 10.1 Å². The highest BCUT2D eigenvalue weighted by atomic mass is 35.5.